The van der Waals surface area contributed by atoms with Gasteiger partial charge in [-0.05, 0) is 48.9 Å². The molecule has 0 fully saturated rings. The summed E-state index contributed by atoms with van der Waals surface area (Å²) in [5.74, 6) is -1.10. The molecule has 29 heavy (non-hydrogen) atoms. The quantitative estimate of drug-likeness (QED) is 0.631. The molecule has 0 amide bonds. The van der Waals surface area contributed by atoms with E-state index in [1.165, 1.54) is 22.7 Å². The number of aromatic nitrogens is 1. The van der Waals surface area contributed by atoms with Crippen LogP contribution in [-0.2, 0) is 27.2 Å². The van der Waals surface area contributed by atoms with E-state index in [0.717, 1.165) is 30.2 Å². The van der Waals surface area contributed by atoms with Gasteiger partial charge in [-0.25, -0.2) is 8.42 Å². The molecule has 0 spiro atoms. The van der Waals surface area contributed by atoms with E-state index in [1.807, 2.05) is 0 Å². The van der Waals surface area contributed by atoms with Crippen LogP contribution in [0.3, 0.4) is 0 Å². The average molecular weight is 443 g/mol. The van der Waals surface area contributed by atoms with E-state index in [-0.39, 0.29) is 16.8 Å². The summed E-state index contributed by atoms with van der Waals surface area (Å²) < 4.78 is 64.2. The Balaban J connectivity index is 2.14. The predicted octanol–water partition coefficient (Wildman–Crippen LogP) is 4.45. The lowest BCUT2D eigenvalue weighted by atomic mass is 10.2. The van der Waals surface area contributed by atoms with Crippen molar-refractivity contribution in [3.8, 4) is 0 Å². The van der Waals surface area contributed by atoms with Crippen molar-refractivity contribution in [3.63, 3.8) is 0 Å². The summed E-state index contributed by atoms with van der Waals surface area (Å²) in [7, 11) is -3.37. The van der Waals surface area contributed by atoms with Crippen LogP contribution in [0, 0.1) is 6.92 Å². The Kier molecular flexibility index (Phi) is 5.44. The van der Waals surface area contributed by atoms with Crippen LogP contribution in [0.4, 0.5) is 13.2 Å². The van der Waals surface area contributed by atoms with Gasteiger partial charge >= 0.3 is 12.1 Å². The van der Waals surface area contributed by atoms with Gasteiger partial charge in [0.1, 0.15) is 0 Å². The number of aliphatic carboxylic acids is 1. The molecule has 2 heterocycles. The molecular weight excluding hydrogens is 427 g/mol. The highest BCUT2D eigenvalue weighted by molar-refractivity contribution is 7.99. The van der Waals surface area contributed by atoms with Gasteiger partial charge in [-0.2, -0.15) is 13.2 Å². The molecule has 0 aliphatic carbocycles. The number of alkyl halides is 3. The zero-order chi connectivity index (χ0) is 21.6. The molecule has 0 saturated carbocycles. The molecule has 0 saturated heterocycles. The van der Waals surface area contributed by atoms with Crippen molar-refractivity contribution in [1.82, 2.24) is 4.40 Å². The lowest BCUT2D eigenvalue weighted by Gasteiger charge is -2.09. The number of sulfone groups is 1. The minimum absolute atomic E-state index is 0.131. The molecule has 2 aromatic heterocycles. The summed E-state index contributed by atoms with van der Waals surface area (Å²) in [5.41, 5.74) is 0.352. The second-order valence-corrected chi connectivity index (χ2v) is 9.58. The molecule has 10 heteroatoms. The third-order valence-corrected chi connectivity index (χ3v) is 6.73. The number of rotatable bonds is 5. The van der Waals surface area contributed by atoms with Crippen LogP contribution in [0.1, 0.15) is 16.8 Å². The predicted molar refractivity (Wildman–Crippen MR) is 102 cm³/mol. The zero-order valence-electron chi connectivity index (χ0n) is 15.3. The van der Waals surface area contributed by atoms with Crippen molar-refractivity contribution in [2.75, 3.05) is 6.26 Å². The molecule has 0 bridgehead atoms. The fraction of sp³-hybridized carbons (Fsp3) is 0.211. The smallest absolute Gasteiger partial charge is 0.416 e. The Bertz CT molecular complexity index is 1200. The second-order valence-electron chi connectivity index (χ2n) is 6.49. The topological polar surface area (TPSA) is 75.8 Å². The van der Waals surface area contributed by atoms with E-state index in [2.05, 4.69) is 0 Å². The third-order valence-electron chi connectivity index (χ3n) is 4.37. The number of carboxylic acid groups (broad SMARTS) is 1. The number of carbonyl (C=O) groups is 1. The van der Waals surface area contributed by atoms with Gasteiger partial charge in [0.2, 0.25) is 0 Å². The summed E-state index contributed by atoms with van der Waals surface area (Å²) in [6.07, 6.45) is -2.57. The number of pyridine rings is 1. The Labute approximate surface area is 169 Å². The van der Waals surface area contributed by atoms with Crippen molar-refractivity contribution < 1.29 is 31.5 Å². The van der Waals surface area contributed by atoms with Gasteiger partial charge in [-0.3, -0.25) is 4.79 Å². The van der Waals surface area contributed by atoms with Crippen LogP contribution >= 0.6 is 11.8 Å². The van der Waals surface area contributed by atoms with Gasteiger partial charge in [-0.1, -0.05) is 11.8 Å². The van der Waals surface area contributed by atoms with E-state index in [1.54, 1.807) is 19.1 Å². The monoisotopic (exact) mass is 443 g/mol. The summed E-state index contributed by atoms with van der Waals surface area (Å²) >= 11 is 1.15. The van der Waals surface area contributed by atoms with Crippen molar-refractivity contribution in [1.29, 1.82) is 0 Å². The van der Waals surface area contributed by atoms with E-state index in [0.29, 0.717) is 21.0 Å². The first-order valence-corrected chi connectivity index (χ1v) is 11.0. The number of benzene rings is 1. The van der Waals surface area contributed by atoms with Crippen molar-refractivity contribution in [2.45, 2.75) is 34.2 Å². The highest BCUT2D eigenvalue weighted by Gasteiger charge is 2.31. The number of nitrogens with zero attached hydrogens (tertiary/aromatic N) is 1. The first-order valence-electron chi connectivity index (χ1n) is 8.28. The van der Waals surface area contributed by atoms with Crippen molar-refractivity contribution >= 4 is 33.1 Å². The molecule has 0 aliphatic rings. The van der Waals surface area contributed by atoms with Gasteiger partial charge in [0.25, 0.3) is 0 Å². The second kappa shape index (κ2) is 7.42. The number of halogens is 3. The van der Waals surface area contributed by atoms with Crippen LogP contribution in [0.15, 0.2) is 57.3 Å². The number of fused-ring (bicyclic) bond motifs is 1. The van der Waals surface area contributed by atoms with E-state index in [4.69, 9.17) is 0 Å². The average Bonchev–Trinajstić information content (AvgIpc) is 2.85. The molecular formula is C19H16F3NO4S2. The Hall–Kier alpha value is -2.46. The molecule has 3 rings (SSSR count). The third kappa shape index (κ3) is 4.43. The minimum atomic E-state index is -4.54. The molecule has 0 radical (unpaired) electrons. The van der Waals surface area contributed by atoms with Crippen LogP contribution in [0.2, 0.25) is 0 Å². The lowest BCUT2D eigenvalue weighted by molar-refractivity contribution is -0.138. The van der Waals surface area contributed by atoms with Gasteiger partial charge in [0, 0.05) is 27.9 Å². The lowest BCUT2D eigenvalue weighted by Crippen LogP contribution is -2.07. The maximum Gasteiger partial charge on any atom is 0.416 e. The number of carboxylic acids is 1. The summed E-state index contributed by atoms with van der Waals surface area (Å²) in [4.78, 5) is 12.5. The Morgan fingerprint density at radius 2 is 1.79 bits per heavy atom. The van der Waals surface area contributed by atoms with Crippen LogP contribution in [-0.4, -0.2) is 30.2 Å². The fourth-order valence-electron chi connectivity index (χ4n) is 2.95. The van der Waals surface area contributed by atoms with Gasteiger partial charge in [0.05, 0.1) is 22.4 Å². The largest absolute Gasteiger partial charge is 0.481 e. The SMILES string of the molecule is Cc1c(Sc2ccc(S(C)(=O)=O)cc2)c2cc(C(F)(F)F)ccn2c1CC(=O)O. The number of hydrogen-bond donors (Lipinski definition) is 1. The van der Waals surface area contributed by atoms with Gasteiger partial charge in [0.15, 0.2) is 9.84 Å². The van der Waals surface area contributed by atoms with E-state index in [9.17, 15) is 31.5 Å². The highest BCUT2D eigenvalue weighted by atomic mass is 32.2. The van der Waals surface area contributed by atoms with E-state index < -0.39 is 27.5 Å². The summed E-state index contributed by atoms with van der Waals surface area (Å²) in [5, 5.41) is 9.18. The van der Waals surface area contributed by atoms with Crippen molar-refractivity contribution in [3.05, 3.63) is 59.4 Å². The normalized spacial score (nSPS) is 12.4. The standard InChI is InChI=1S/C19H16F3NO4S2/c1-11-15(10-17(24)25)23-8-7-12(19(20,21)22)9-16(23)18(11)28-13-3-5-14(6-4-13)29(2,26)27/h3-9H,10H2,1-2H3,(H,24,25). The van der Waals surface area contributed by atoms with Crippen molar-refractivity contribution in [2.24, 2.45) is 0 Å². The van der Waals surface area contributed by atoms with Crippen LogP contribution in [0.25, 0.3) is 5.52 Å². The number of hydrogen-bond acceptors (Lipinski definition) is 4. The molecule has 1 N–H and O–H groups in total. The molecule has 3 aromatic rings. The molecule has 5 nitrogen and oxygen atoms in total. The molecule has 1 aromatic carbocycles. The Morgan fingerprint density at radius 3 is 2.31 bits per heavy atom. The summed E-state index contributed by atoms with van der Waals surface area (Å²) in [6, 6.07) is 7.87. The zero-order valence-corrected chi connectivity index (χ0v) is 17.0. The molecule has 0 atom stereocenters. The molecule has 0 aliphatic heterocycles. The maximum absolute atomic E-state index is 13.2. The van der Waals surface area contributed by atoms with Crippen LogP contribution < -0.4 is 0 Å². The first-order chi connectivity index (χ1) is 13.4. The maximum atomic E-state index is 13.2. The molecule has 154 valence electrons. The van der Waals surface area contributed by atoms with E-state index >= 15 is 0 Å². The first kappa shape index (κ1) is 21.3. The van der Waals surface area contributed by atoms with Crippen LogP contribution in [0.5, 0.6) is 0 Å². The Morgan fingerprint density at radius 1 is 1.17 bits per heavy atom. The highest BCUT2D eigenvalue weighted by Crippen LogP contribution is 2.39. The van der Waals surface area contributed by atoms with Gasteiger partial charge < -0.3 is 9.51 Å². The fourth-order valence-corrected chi connectivity index (χ4v) is 4.62. The minimum Gasteiger partial charge on any atom is -0.481 e. The molecule has 0 unspecified atom stereocenters. The van der Waals surface area contributed by atoms with Gasteiger partial charge in [-0.15, -0.1) is 0 Å². The summed E-state index contributed by atoms with van der Waals surface area (Å²) in [6.45, 7) is 1.66.